The molecule has 4 rings (SSSR count). The highest BCUT2D eigenvalue weighted by atomic mass is 32.2. The number of nitrogens with zero attached hydrogens (tertiary/aromatic N) is 5. The summed E-state index contributed by atoms with van der Waals surface area (Å²) in [6, 6.07) is 8.37. The van der Waals surface area contributed by atoms with Crippen LogP contribution in [-0.4, -0.2) is 60.3 Å². The minimum absolute atomic E-state index is 0.232. The molecule has 2 aliphatic rings. The molecule has 1 fully saturated rings. The van der Waals surface area contributed by atoms with E-state index in [4.69, 9.17) is 9.26 Å². The average molecular weight is 414 g/mol. The van der Waals surface area contributed by atoms with Gasteiger partial charge in [0.05, 0.1) is 25.0 Å². The number of aliphatic imine (C=N–C) groups is 2. The van der Waals surface area contributed by atoms with Gasteiger partial charge in [-0.2, -0.15) is 4.98 Å². The molecule has 0 amide bonds. The zero-order valence-electron chi connectivity index (χ0n) is 17.2. The minimum atomic E-state index is 0.232. The van der Waals surface area contributed by atoms with Crippen LogP contribution in [0, 0.1) is 0 Å². The molecule has 1 aromatic carbocycles. The SMILES string of the molecule is CSc1ccc(C2=NCC(COC3CCN(c4noc(C(C)C)n4)CC3)=N2)cc1. The van der Waals surface area contributed by atoms with Crippen molar-refractivity contribution >= 4 is 29.3 Å². The molecule has 1 aromatic heterocycles. The second-order valence-corrected chi connectivity index (χ2v) is 8.51. The summed E-state index contributed by atoms with van der Waals surface area (Å²) in [6.45, 7) is 7.02. The summed E-state index contributed by atoms with van der Waals surface area (Å²) in [4.78, 5) is 17.1. The fraction of sp³-hybridized carbons (Fsp3) is 0.524. The van der Waals surface area contributed by atoms with Crippen LogP contribution in [0.2, 0.25) is 0 Å². The third-order valence-electron chi connectivity index (χ3n) is 5.16. The number of benzene rings is 1. The summed E-state index contributed by atoms with van der Waals surface area (Å²) in [5.41, 5.74) is 2.06. The molecule has 0 bridgehead atoms. The highest BCUT2D eigenvalue weighted by Crippen LogP contribution is 2.22. The molecule has 0 atom stereocenters. The van der Waals surface area contributed by atoms with Crippen molar-refractivity contribution in [2.24, 2.45) is 9.98 Å². The minimum Gasteiger partial charge on any atom is -0.372 e. The lowest BCUT2D eigenvalue weighted by atomic mass is 10.1. The summed E-state index contributed by atoms with van der Waals surface area (Å²) in [6.07, 6.45) is 4.20. The first kappa shape index (κ1) is 20.1. The van der Waals surface area contributed by atoms with Crippen LogP contribution in [-0.2, 0) is 4.74 Å². The number of ether oxygens (including phenoxy) is 1. The van der Waals surface area contributed by atoms with E-state index in [0.29, 0.717) is 25.0 Å². The van der Waals surface area contributed by atoms with Crippen LogP contribution in [0.5, 0.6) is 0 Å². The largest absolute Gasteiger partial charge is 0.372 e. The van der Waals surface area contributed by atoms with E-state index in [2.05, 4.69) is 69.4 Å². The second-order valence-electron chi connectivity index (χ2n) is 7.63. The molecular weight excluding hydrogens is 386 g/mol. The van der Waals surface area contributed by atoms with Crippen molar-refractivity contribution < 1.29 is 9.26 Å². The Kier molecular flexibility index (Phi) is 6.30. The van der Waals surface area contributed by atoms with Crippen LogP contribution in [0.4, 0.5) is 5.95 Å². The summed E-state index contributed by atoms with van der Waals surface area (Å²) in [5.74, 6) is 2.44. The quantitative estimate of drug-likeness (QED) is 0.643. The molecular formula is C21H27N5O2S. The molecule has 0 N–H and O–H groups in total. The normalized spacial score (nSPS) is 17.7. The summed E-state index contributed by atoms with van der Waals surface area (Å²) in [5, 5.41) is 4.11. The maximum absolute atomic E-state index is 6.12. The Morgan fingerprint density at radius 3 is 2.62 bits per heavy atom. The smallest absolute Gasteiger partial charge is 0.266 e. The zero-order chi connectivity index (χ0) is 20.2. The summed E-state index contributed by atoms with van der Waals surface area (Å²) in [7, 11) is 0. The Bertz CT molecular complexity index is 883. The predicted octanol–water partition coefficient (Wildman–Crippen LogP) is 3.80. The van der Waals surface area contributed by atoms with Crippen molar-refractivity contribution in [2.75, 3.05) is 37.4 Å². The Balaban J connectivity index is 1.24. The topological polar surface area (TPSA) is 76.1 Å². The standard InChI is InChI=1S/C21H27N5O2S/c1-14(2)20-24-21(25-28-20)26-10-8-17(9-11-26)27-13-16-12-22-19(23-16)15-4-6-18(29-3)7-5-15/h4-7,14,17H,8-13H2,1-3H3. The molecule has 8 heteroatoms. The molecule has 7 nitrogen and oxygen atoms in total. The maximum Gasteiger partial charge on any atom is 0.266 e. The van der Waals surface area contributed by atoms with E-state index < -0.39 is 0 Å². The number of thioether (sulfide) groups is 1. The van der Waals surface area contributed by atoms with Gasteiger partial charge in [0.15, 0.2) is 5.84 Å². The molecule has 1 saturated heterocycles. The molecule has 0 saturated carbocycles. The summed E-state index contributed by atoms with van der Waals surface area (Å²) >= 11 is 1.73. The van der Waals surface area contributed by atoms with E-state index in [9.17, 15) is 0 Å². The van der Waals surface area contributed by atoms with Crippen molar-refractivity contribution in [1.29, 1.82) is 0 Å². The lowest BCUT2D eigenvalue weighted by Gasteiger charge is -2.30. The van der Waals surface area contributed by atoms with Gasteiger partial charge in [0.25, 0.3) is 5.95 Å². The molecule has 154 valence electrons. The fourth-order valence-corrected chi connectivity index (χ4v) is 3.80. The fourth-order valence-electron chi connectivity index (χ4n) is 3.39. The molecule has 29 heavy (non-hydrogen) atoms. The Hall–Kier alpha value is -2.19. The van der Waals surface area contributed by atoms with Gasteiger partial charge in [-0.25, -0.2) is 4.99 Å². The predicted molar refractivity (Wildman–Crippen MR) is 117 cm³/mol. The van der Waals surface area contributed by atoms with E-state index in [1.807, 2.05) is 0 Å². The van der Waals surface area contributed by atoms with Crippen molar-refractivity contribution in [1.82, 2.24) is 10.1 Å². The van der Waals surface area contributed by atoms with Crippen LogP contribution in [0.3, 0.4) is 0 Å². The van der Waals surface area contributed by atoms with Gasteiger partial charge in [0.1, 0.15) is 0 Å². The second kappa shape index (κ2) is 9.09. The van der Waals surface area contributed by atoms with Crippen molar-refractivity contribution in [3.63, 3.8) is 0 Å². The van der Waals surface area contributed by atoms with E-state index >= 15 is 0 Å². The Morgan fingerprint density at radius 2 is 1.97 bits per heavy atom. The molecule has 0 aliphatic carbocycles. The molecule has 2 aliphatic heterocycles. The Morgan fingerprint density at radius 1 is 1.21 bits per heavy atom. The molecule has 3 heterocycles. The van der Waals surface area contributed by atoms with Crippen molar-refractivity contribution in [3.05, 3.63) is 35.7 Å². The van der Waals surface area contributed by atoms with Crippen LogP contribution in [0.15, 0.2) is 43.7 Å². The molecule has 2 aromatic rings. The Labute approximate surface area is 175 Å². The number of aromatic nitrogens is 2. The van der Waals surface area contributed by atoms with E-state index in [0.717, 1.165) is 43.0 Å². The molecule has 0 radical (unpaired) electrons. The maximum atomic E-state index is 6.12. The number of piperidine rings is 1. The average Bonchev–Trinajstić information content (AvgIpc) is 3.43. The third-order valence-corrected chi connectivity index (χ3v) is 5.90. The van der Waals surface area contributed by atoms with Crippen molar-refractivity contribution in [3.8, 4) is 0 Å². The number of anilines is 1. The van der Waals surface area contributed by atoms with Gasteiger partial charge < -0.3 is 14.2 Å². The van der Waals surface area contributed by atoms with Crippen LogP contribution < -0.4 is 4.90 Å². The first-order valence-corrected chi connectivity index (χ1v) is 11.3. The van der Waals surface area contributed by atoms with Gasteiger partial charge in [-0.05, 0) is 36.4 Å². The number of hydrogen-bond donors (Lipinski definition) is 0. The highest BCUT2D eigenvalue weighted by molar-refractivity contribution is 7.98. The zero-order valence-corrected chi connectivity index (χ0v) is 18.0. The van der Waals surface area contributed by atoms with Crippen LogP contribution in [0.25, 0.3) is 0 Å². The molecule has 0 unspecified atom stereocenters. The highest BCUT2D eigenvalue weighted by Gasteiger charge is 2.24. The van der Waals surface area contributed by atoms with Gasteiger partial charge in [0, 0.05) is 29.5 Å². The van der Waals surface area contributed by atoms with Gasteiger partial charge >= 0.3 is 0 Å². The van der Waals surface area contributed by atoms with E-state index in [-0.39, 0.29) is 12.0 Å². The van der Waals surface area contributed by atoms with Gasteiger partial charge in [-0.15, -0.1) is 11.8 Å². The number of hydrogen-bond acceptors (Lipinski definition) is 8. The summed E-state index contributed by atoms with van der Waals surface area (Å²) < 4.78 is 11.4. The number of amidine groups is 1. The van der Waals surface area contributed by atoms with E-state index in [1.165, 1.54) is 4.90 Å². The van der Waals surface area contributed by atoms with Crippen LogP contribution in [0.1, 0.15) is 44.1 Å². The van der Waals surface area contributed by atoms with Crippen LogP contribution >= 0.6 is 11.8 Å². The molecule has 0 spiro atoms. The first-order valence-electron chi connectivity index (χ1n) is 10.1. The number of rotatable bonds is 7. The monoisotopic (exact) mass is 413 g/mol. The van der Waals surface area contributed by atoms with Crippen molar-refractivity contribution in [2.45, 2.75) is 43.6 Å². The lowest BCUT2D eigenvalue weighted by Crippen LogP contribution is -2.38. The van der Waals surface area contributed by atoms with Gasteiger partial charge in [-0.3, -0.25) is 4.99 Å². The van der Waals surface area contributed by atoms with E-state index in [1.54, 1.807) is 11.8 Å². The van der Waals surface area contributed by atoms with Gasteiger partial charge in [-0.1, -0.05) is 26.0 Å². The lowest BCUT2D eigenvalue weighted by molar-refractivity contribution is 0.0623. The third kappa shape index (κ3) is 4.87. The van der Waals surface area contributed by atoms with Gasteiger partial charge in [0.2, 0.25) is 5.89 Å². The first-order chi connectivity index (χ1) is 14.1.